The van der Waals surface area contributed by atoms with Crippen LogP contribution in [0, 0.1) is 5.82 Å². The van der Waals surface area contributed by atoms with Gasteiger partial charge in [0.05, 0.1) is 17.8 Å². The van der Waals surface area contributed by atoms with Crippen LogP contribution in [0.3, 0.4) is 0 Å². The number of nitrogens with zero attached hydrogens (tertiary/aromatic N) is 3. The van der Waals surface area contributed by atoms with Crippen LogP contribution in [0.1, 0.15) is 37.4 Å². The first-order valence-corrected chi connectivity index (χ1v) is 5.67. The van der Waals surface area contributed by atoms with Gasteiger partial charge in [0.25, 0.3) is 0 Å². The molecule has 2 aromatic rings. The van der Waals surface area contributed by atoms with Crippen LogP contribution < -0.4 is 0 Å². The Morgan fingerprint density at radius 3 is 2.94 bits per heavy atom. The second kappa shape index (κ2) is 3.28. The lowest BCUT2D eigenvalue weighted by Crippen LogP contribution is -2.18. The van der Waals surface area contributed by atoms with Crippen LogP contribution in [0.2, 0.25) is 0 Å². The number of rotatable bonds is 1. The van der Waals surface area contributed by atoms with Crippen molar-refractivity contribution in [2.24, 2.45) is 0 Å². The maximum atomic E-state index is 13.5. The number of hydrogen-bond acceptors (Lipinski definition) is 3. The van der Waals surface area contributed by atoms with Gasteiger partial charge in [-0.15, -0.1) is 0 Å². The molecule has 0 saturated carbocycles. The Balaban J connectivity index is 2.36. The molecule has 1 aliphatic rings. The van der Waals surface area contributed by atoms with Crippen molar-refractivity contribution in [3.63, 3.8) is 0 Å². The van der Waals surface area contributed by atoms with E-state index in [1.54, 1.807) is 0 Å². The quantitative estimate of drug-likeness (QED) is 0.835. The van der Waals surface area contributed by atoms with Gasteiger partial charge in [0, 0.05) is 17.2 Å². The lowest BCUT2D eigenvalue weighted by molar-refractivity contribution is -0.139. The van der Waals surface area contributed by atoms with E-state index in [1.807, 2.05) is 13.8 Å². The molecule has 0 radical (unpaired) electrons. The predicted molar refractivity (Wildman–Crippen MR) is 61.0 cm³/mol. The summed E-state index contributed by atoms with van der Waals surface area (Å²) in [6.07, 6.45) is 3.04. The second-order valence-electron chi connectivity index (χ2n) is 5.27. The Morgan fingerprint density at radius 2 is 2.28 bits per heavy atom. The van der Waals surface area contributed by atoms with Gasteiger partial charge in [-0.3, -0.25) is 4.79 Å². The third-order valence-corrected chi connectivity index (χ3v) is 3.54. The van der Waals surface area contributed by atoms with Crippen LogP contribution in [0.25, 0.3) is 5.65 Å². The molecule has 0 bridgehead atoms. The fraction of sp³-hybridized carbons (Fsp3) is 0.417. The lowest BCUT2D eigenvalue weighted by atomic mass is 9.89. The molecular weight excluding hydrogens is 237 g/mol. The highest BCUT2D eigenvalue weighted by atomic mass is 19.1. The van der Waals surface area contributed by atoms with Gasteiger partial charge in [0.2, 0.25) is 0 Å². The van der Waals surface area contributed by atoms with E-state index in [0.717, 1.165) is 11.9 Å². The fourth-order valence-electron chi connectivity index (χ4n) is 2.79. The molecule has 3 rings (SSSR count). The van der Waals surface area contributed by atoms with Gasteiger partial charge in [-0.2, -0.15) is 5.10 Å². The molecular formula is C12H12FN3O2. The molecule has 0 saturated heterocycles. The Labute approximate surface area is 102 Å². The average molecular weight is 249 g/mol. The summed E-state index contributed by atoms with van der Waals surface area (Å²) in [7, 11) is 0. The van der Waals surface area contributed by atoms with E-state index in [1.165, 1.54) is 10.7 Å². The first-order valence-electron chi connectivity index (χ1n) is 5.67. The predicted octanol–water partition coefficient (Wildman–Crippen LogP) is 1.72. The van der Waals surface area contributed by atoms with E-state index in [9.17, 15) is 14.3 Å². The smallest absolute Gasteiger partial charge is 0.311 e. The standard InChI is InChI=1S/C12H12FN3O2/c1-12(2)3-6(11(17)18)7-4-14-10-8(13)5-15-16(10)9(7)12/h4-6H,3H2,1-2H3,(H,17,18). The van der Waals surface area contributed by atoms with Gasteiger partial charge < -0.3 is 5.11 Å². The number of carboxylic acids is 1. The molecule has 0 fully saturated rings. The van der Waals surface area contributed by atoms with E-state index in [4.69, 9.17) is 0 Å². The van der Waals surface area contributed by atoms with E-state index < -0.39 is 17.7 Å². The van der Waals surface area contributed by atoms with Gasteiger partial charge in [0.1, 0.15) is 0 Å². The molecule has 18 heavy (non-hydrogen) atoms. The van der Waals surface area contributed by atoms with Gasteiger partial charge in [-0.05, 0) is 6.42 Å². The first-order chi connectivity index (χ1) is 8.42. The number of halogens is 1. The SMILES string of the molecule is CC1(C)CC(C(=O)O)c2cnc3c(F)cnn3c21. The molecule has 0 spiro atoms. The first kappa shape index (κ1) is 11.1. The van der Waals surface area contributed by atoms with E-state index in [2.05, 4.69) is 10.1 Å². The molecule has 0 amide bonds. The highest BCUT2D eigenvalue weighted by molar-refractivity contribution is 5.78. The zero-order chi connectivity index (χ0) is 13.1. The van der Waals surface area contributed by atoms with Crippen molar-refractivity contribution in [3.8, 4) is 0 Å². The summed E-state index contributed by atoms with van der Waals surface area (Å²) in [5.74, 6) is -1.97. The Kier molecular flexibility index (Phi) is 2.03. The Hall–Kier alpha value is -1.98. The molecule has 2 aromatic heterocycles. The third-order valence-electron chi connectivity index (χ3n) is 3.54. The molecule has 94 valence electrons. The number of fused-ring (bicyclic) bond motifs is 3. The van der Waals surface area contributed by atoms with E-state index in [0.29, 0.717) is 12.0 Å². The van der Waals surface area contributed by atoms with Crippen LogP contribution in [-0.2, 0) is 10.2 Å². The van der Waals surface area contributed by atoms with Crippen molar-refractivity contribution in [2.75, 3.05) is 0 Å². The molecule has 0 aliphatic heterocycles. The largest absolute Gasteiger partial charge is 0.481 e. The minimum Gasteiger partial charge on any atom is -0.481 e. The molecule has 1 atom stereocenters. The van der Waals surface area contributed by atoms with Gasteiger partial charge >= 0.3 is 5.97 Å². The average Bonchev–Trinajstić information content (AvgIpc) is 2.78. The zero-order valence-corrected chi connectivity index (χ0v) is 10.0. The monoisotopic (exact) mass is 249 g/mol. The van der Waals surface area contributed by atoms with Crippen molar-refractivity contribution >= 4 is 11.6 Å². The number of hydrogen-bond donors (Lipinski definition) is 1. The minimum absolute atomic E-state index is 0.146. The molecule has 5 nitrogen and oxygen atoms in total. The van der Waals surface area contributed by atoms with Crippen molar-refractivity contribution < 1.29 is 14.3 Å². The maximum Gasteiger partial charge on any atom is 0.311 e. The van der Waals surface area contributed by atoms with Crippen LogP contribution >= 0.6 is 0 Å². The third kappa shape index (κ3) is 1.28. The number of carboxylic acid groups (broad SMARTS) is 1. The maximum absolute atomic E-state index is 13.5. The number of carbonyl (C=O) groups is 1. The molecule has 1 N–H and O–H groups in total. The minimum atomic E-state index is -0.879. The summed E-state index contributed by atoms with van der Waals surface area (Å²) in [5, 5.41) is 13.2. The molecule has 0 aromatic carbocycles. The molecule has 6 heteroatoms. The fourth-order valence-corrected chi connectivity index (χ4v) is 2.79. The summed E-state index contributed by atoms with van der Waals surface area (Å²) >= 11 is 0. The summed E-state index contributed by atoms with van der Waals surface area (Å²) in [6, 6.07) is 0. The van der Waals surface area contributed by atoms with Gasteiger partial charge in [0.15, 0.2) is 11.5 Å². The highest BCUT2D eigenvalue weighted by Crippen LogP contribution is 2.45. The lowest BCUT2D eigenvalue weighted by Gasteiger charge is -2.19. The van der Waals surface area contributed by atoms with Crippen molar-refractivity contribution in [1.29, 1.82) is 0 Å². The van der Waals surface area contributed by atoms with Crippen LogP contribution in [-0.4, -0.2) is 25.7 Å². The summed E-state index contributed by atoms with van der Waals surface area (Å²) in [5.41, 5.74) is 1.15. The normalized spacial score (nSPS) is 21.2. The Bertz CT molecular complexity index is 663. The van der Waals surface area contributed by atoms with Gasteiger partial charge in [-0.1, -0.05) is 13.8 Å². The molecule has 1 unspecified atom stereocenters. The number of aliphatic carboxylic acids is 1. The summed E-state index contributed by atoms with van der Waals surface area (Å²) < 4.78 is 14.9. The zero-order valence-electron chi connectivity index (χ0n) is 10.0. The second-order valence-corrected chi connectivity index (χ2v) is 5.27. The highest BCUT2D eigenvalue weighted by Gasteiger charge is 2.43. The summed E-state index contributed by atoms with van der Waals surface area (Å²) in [6.45, 7) is 3.88. The number of aromatic nitrogens is 3. The topological polar surface area (TPSA) is 67.5 Å². The van der Waals surface area contributed by atoms with Gasteiger partial charge in [-0.25, -0.2) is 13.9 Å². The van der Waals surface area contributed by atoms with Crippen LogP contribution in [0.15, 0.2) is 12.4 Å². The van der Waals surface area contributed by atoms with Crippen molar-refractivity contribution in [3.05, 3.63) is 29.5 Å². The molecule has 2 heterocycles. The molecule has 1 aliphatic carbocycles. The van der Waals surface area contributed by atoms with E-state index in [-0.39, 0.29) is 11.1 Å². The summed E-state index contributed by atoms with van der Waals surface area (Å²) in [4.78, 5) is 15.2. The Morgan fingerprint density at radius 1 is 1.56 bits per heavy atom. The van der Waals surface area contributed by atoms with E-state index >= 15 is 0 Å². The van der Waals surface area contributed by atoms with Crippen LogP contribution in [0.5, 0.6) is 0 Å². The van der Waals surface area contributed by atoms with Crippen LogP contribution in [0.4, 0.5) is 4.39 Å². The van der Waals surface area contributed by atoms with Crippen molar-refractivity contribution in [2.45, 2.75) is 31.6 Å². The van der Waals surface area contributed by atoms with Crippen molar-refractivity contribution in [1.82, 2.24) is 14.6 Å².